The Kier molecular flexibility index (Phi) is 3.35. The minimum Gasteiger partial charge on any atom is -0.508 e. The molecule has 0 fully saturated rings. The van der Waals surface area contributed by atoms with Crippen LogP contribution in [0.2, 0.25) is 0 Å². The Morgan fingerprint density at radius 3 is 2.85 bits per heavy atom. The van der Waals surface area contributed by atoms with Crippen molar-refractivity contribution in [3.8, 4) is 5.75 Å². The van der Waals surface area contributed by atoms with E-state index in [1.807, 2.05) is 6.07 Å². The first kappa shape index (κ1) is 13.0. The van der Waals surface area contributed by atoms with Gasteiger partial charge in [-0.15, -0.1) is 0 Å². The van der Waals surface area contributed by atoms with Crippen molar-refractivity contribution in [1.29, 1.82) is 0 Å². The van der Waals surface area contributed by atoms with Gasteiger partial charge in [0.25, 0.3) is 0 Å². The first-order chi connectivity index (χ1) is 9.61. The van der Waals surface area contributed by atoms with E-state index in [2.05, 4.69) is 30.0 Å². The summed E-state index contributed by atoms with van der Waals surface area (Å²) in [6.07, 6.45) is 1.08. The number of rotatable bonds is 2. The lowest BCUT2D eigenvalue weighted by atomic mass is 9.93. The van der Waals surface area contributed by atoms with Gasteiger partial charge >= 0.3 is 0 Å². The summed E-state index contributed by atoms with van der Waals surface area (Å²) in [5.41, 5.74) is 3.35. The molecule has 1 atom stereocenters. The highest BCUT2D eigenvalue weighted by Gasteiger charge is 2.21. The number of nitrogens with zero attached hydrogens (tertiary/aromatic N) is 1. The standard InChI is InChI=1S/C17H18FNO/c1-12-6-14-4-2-3-5-17(14)19(10-12)11-13-7-15(18)9-16(20)8-13/h2-5,7-9,12,20H,6,10-11H2,1H3. The van der Waals surface area contributed by atoms with Gasteiger partial charge in [0, 0.05) is 24.8 Å². The van der Waals surface area contributed by atoms with Crippen molar-refractivity contribution in [3.05, 3.63) is 59.4 Å². The first-order valence-electron chi connectivity index (χ1n) is 6.93. The third-order valence-corrected chi connectivity index (χ3v) is 3.75. The summed E-state index contributed by atoms with van der Waals surface area (Å²) in [6, 6.07) is 12.6. The van der Waals surface area contributed by atoms with Crippen LogP contribution in [-0.2, 0) is 13.0 Å². The highest BCUT2D eigenvalue weighted by atomic mass is 19.1. The number of halogens is 1. The molecule has 0 radical (unpaired) electrons. The first-order valence-corrected chi connectivity index (χ1v) is 6.93. The number of phenols is 1. The summed E-state index contributed by atoms with van der Waals surface area (Å²) in [6.45, 7) is 3.80. The van der Waals surface area contributed by atoms with Crippen LogP contribution in [0.1, 0.15) is 18.1 Å². The third kappa shape index (κ3) is 2.62. The Labute approximate surface area is 118 Å². The number of anilines is 1. The van der Waals surface area contributed by atoms with E-state index in [4.69, 9.17) is 0 Å². The number of para-hydroxylation sites is 1. The van der Waals surface area contributed by atoms with Crippen LogP contribution in [0.15, 0.2) is 42.5 Å². The maximum Gasteiger partial charge on any atom is 0.127 e. The monoisotopic (exact) mass is 271 g/mol. The predicted octanol–water partition coefficient (Wildman–Crippen LogP) is 3.73. The Morgan fingerprint density at radius 2 is 2.05 bits per heavy atom. The predicted molar refractivity (Wildman–Crippen MR) is 78.4 cm³/mol. The van der Waals surface area contributed by atoms with Gasteiger partial charge in [-0.1, -0.05) is 25.1 Å². The normalized spacial score (nSPS) is 17.9. The second-order valence-corrected chi connectivity index (χ2v) is 5.64. The molecule has 2 aromatic rings. The smallest absolute Gasteiger partial charge is 0.127 e. The van der Waals surface area contributed by atoms with Gasteiger partial charge < -0.3 is 10.0 Å². The third-order valence-electron chi connectivity index (χ3n) is 3.75. The van der Waals surface area contributed by atoms with E-state index < -0.39 is 5.82 Å². The molecular formula is C17H18FNO. The Bertz CT molecular complexity index is 606. The minimum absolute atomic E-state index is 0.0154. The fourth-order valence-corrected chi connectivity index (χ4v) is 3.00. The fraction of sp³-hybridized carbons (Fsp3) is 0.294. The van der Waals surface area contributed by atoms with Crippen molar-refractivity contribution in [3.63, 3.8) is 0 Å². The van der Waals surface area contributed by atoms with Crippen molar-refractivity contribution in [2.75, 3.05) is 11.4 Å². The second-order valence-electron chi connectivity index (χ2n) is 5.64. The molecule has 104 valence electrons. The summed E-state index contributed by atoms with van der Waals surface area (Å²) in [7, 11) is 0. The van der Waals surface area contributed by atoms with E-state index in [1.165, 1.54) is 17.3 Å². The molecule has 2 nitrogen and oxygen atoms in total. The maximum absolute atomic E-state index is 13.4. The highest BCUT2D eigenvalue weighted by Crippen LogP contribution is 2.31. The Morgan fingerprint density at radius 1 is 1.25 bits per heavy atom. The summed E-state index contributed by atoms with van der Waals surface area (Å²) in [5.74, 6) is 0.170. The Hall–Kier alpha value is -2.03. The SMILES string of the molecule is CC1Cc2ccccc2N(Cc2cc(O)cc(F)c2)C1. The average Bonchev–Trinajstić information content (AvgIpc) is 2.37. The average molecular weight is 271 g/mol. The van der Waals surface area contributed by atoms with Crippen molar-refractivity contribution in [2.24, 2.45) is 5.92 Å². The summed E-state index contributed by atoms with van der Waals surface area (Å²) < 4.78 is 13.4. The molecule has 3 rings (SSSR count). The molecule has 1 N–H and O–H groups in total. The number of fused-ring (bicyclic) bond motifs is 1. The molecule has 0 saturated heterocycles. The summed E-state index contributed by atoms with van der Waals surface area (Å²) in [5, 5.41) is 9.51. The lowest BCUT2D eigenvalue weighted by molar-refractivity contribution is 0.467. The van der Waals surface area contributed by atoms with Crippen molar-refractivity contribution in [2.45, 2.75) is 19.9 Å². The molecule has 0 amide bonds. The van der Waals surface area contributed by atoms with Gasteiger partial charge in [-0.3, -0.25) is 0 Å². The molecule has 20 heavy (non-hydrogen) atoms. The van der Waals surface area contributed by atoms with Crippen molar-refractivity contribution < 1.29 is 9.50 Å². The van der Waals surface area contributed by atoms with Gasteiger partial charge in [-0.25, -0.2) is 4.39 Å². The molecule has 1 heterocycles. The highest BCUT2D eigenvalue weighted by molar-refractivity contribution is 5.56. The van der Waals surface area contributed by atoms with E-state index in [9.17, 15) is 9.50 Å². The number of hydrogen-bond donors (Lipinski definition) is 1. The van der Waals surface area contributed by atoms with Crippen LogP contribution in [-0.4, -0.2) is 11.7 Å². The second kappa shape index (κ2) is 5.16. The van der Waals surface area contributed by atoms with Crippen LogP contribution >= 0.6 is 0 Å². The zero-order valence-electron chi connectivity index (χ0n) is 11.5. The lowest BCUT2D eigenvalue weighted by Crippen LogP contribution is -2.33. The zero-order chi connectivity index (χ0) is 14.1. The number of benzene rings is 2. The quantitative estimate of drug-likeness (QED) is 0.899. The van der Waals surface area contributed by atoms with Crippen LogP contribution in [0.5, 0.6) is 5.75 Å². The number of hydrogen-bond acceptors (Lipinski definition) is 2. The van der Waals surface area contributed by atoms with E-state index in [0.717, 1.165) is 24.6 Å². The minimum atomic E-state index is -0.390. The Balaban J connectivity index is 1.91. The number of aromatic hydroxyl groups is 1. The van der Waals surface area contributed by atoms with E-state index in [-0.39, 0.29) is 5.75 Å². The van der Waals surface area contributed by atoms with Crippen LogP contribution < -0.4 is 4.90 Å². The van der Waals surface area contributed by atoms with E-state index in [0.29, 0.717) is 12.5 Å². The lowest BCUT2D eigenvalue weighted by Gasteiger charge is -2.35. The van der Waals surface area contributed by atoms with Crippen molar-refractivity contribution >= 4 is 5.69 Å². The summed E-state index contributed by atoms with van der Waals surface area (Å²) in [4.78, 5) is 2.26. The van der Waals surface area contributed by atoms with E-state index >= 15 is 0 Å². The topological polar surface area (TPSA) is 23.5 Å². The van der Waals surface area contributed by atoms with Crippen molar-refractivity contribution in [1.82, 2.24) is 0 Å². The molecule has 1 aliphatic heterocycles. The largest absolute Gasteiger partial charge is 0.508 e. The molecule has 0 spiro atoms. The molecule has 0 aromatic heterocycles. The fourth-order valence-electron chi connectivity index (χ4n) is 3.00. The van der Waals surface area contributed by atoms with Gasteiger partial charge in [0.15, 0.2) is 0 Å². The van der Waals surface area contributed by atoms with Crippen LogP contribution in [0.4, 0.5) is 10.1 Å². The molecule has 0 saturated carbocycles. The molecule has 0 aliphatic carbocycles. The zero-order valence-corrected chi connectivity index (χ0v) is 11.5. The molecule has 0 bridgehead atoms. The van der Waals surface area contributed by atoms with Gasteiger partial charge in [0.05, 0.1) is 0 Å². The summed E-state index contributed by atoms with van der Waals surface area (Å²) >= 11 is 0. The van der Waals surface area contributed by atoms with E-state index in [1.54, 1.807) is 6.07 Å². The van der Waals surface area contributed by atoms with Crippen LogP contribution in [0.3, 0.4) is 0 Å². The van der Waals surface area contributed by atoms with Gasteiger partial charge in [0.1, 0.15) is 11.6 Å². The number of phenolic OH excluding ortho intramolecular Hbond substituents is 1. The molecule has 1 unspecified atom stereocenters. The van der Waals surface area contributed by atoms with Gasteiger partial charge in [0.2, 0.25) is 0 Å². The van der Waals surface area contributed by atoms with Gasteiger partial charge in [-0.2, -0.15) is 0 Å². The molecular weight excluding hydrogens is 253 g/mol. The van der Waals surface area contributed by atoms with Gasteiger partial charge in [-0.05, 0) is 41.7 Å². The maximum atomic E-state index is 13.4. The molecule has 3 heteroatoms. The van der Waals surface area contributed by atoms with Crippen LogP contribution in [0, 0.1) is 11.7 Å². The van der Waals surface area contributed by atoms with Crippen LogP contribution in [0.25, 0.3) is 0 Å². The molecule has 2 aromatic carbocycles. The molecule has 1 aliphatic rings.